The van der Waals surface area contributed by atoms with Gasteiger partial charge in [-0.25, -0.2) is 17.2 Å². The van der Waals surface area contributed by atoms with E-state index in [1.807, 2.05) is 4.90 Å². The van der Waals surface area contributed by atoms with Gasteiger partial charge in [-0.15, -0.1) is 0 Å². The van der Waals surface area contributed by atoms with Gasteiger partial charge in [0.05, 0.1) is 17.1 Å². The predicted octanol–water partition coefficient (Wildman–Crippen LogP) is 5.44. The molecular formula is C28H30F5NO4S. The highest BCUT2D eigenvalue weighted by Gasteiger charge is 2.30. The fourth-order valence-corrected chi connectivity index (χ4v) is 5.12. The molecule has 3 rings (SSSR count). The number of rotatable bonds is 13. The number of hydrogen-bond donors (Lipinski definition) is 1. The smallest absolute Gasteiger partial charge is 0.416 e. The van der Waals surface area contributed by atoms with Gasteiger partial charge in [-0.2, -0.15) is 13.2 Å². The highest BCUT2D eigenvalue weighted by atomic mass is 32.2. The van der Waals surface area contributed by atoms with Crippen LogP contribution in [0.2, 0.25) is 0 Å². The van der Waals surface area contributed by atoms with Crippen molar-refractivity contribution in [3.63, 3.8) is 0 Å². The van der Waals surface area contributed by atoms with Crippen LogP contribution in [0.5, 0.6) is 5.75 Å². The largest absolute Gasteiger partial charge is 0.493 e. The summed E-state index contributed by atoms with van der Waals surface area (Å²) in [6.07, 6.45) is -2.73. The Morgan fingerprint density at radius 2 is 1.64 bits per heavy atom. The van der Waals surface area contributed by atoms with Crippen LogP contribution in [0.4, 0.5) is 22.0 Å². The van der Waals surface area contributed by atoms with Crippen LogP contribution in [0.3, 0.4) is 0 Å². The van der Waals surface area contributed by atoms with E-state index in [9.17, 15) is 30.4 Å². The van der Waals surface area contributed by atoms with Crippen molar-refractivity contribution in [2.24, 2.45) is 0 Å². The van der Waals surface area contributed by atoms with E-state index < -0.39 is 34.0 Å². The molecule has 0 aliphatic carbocycles. The molecule has 212 valence electrons. The van der Waals surface area contributed by atoms with Crippen molar-refractivity contribution >= 4 is 9.84 Å². The van der Waals surface area contributed by atoms with Crippen molar-refractivity contribution in [1.29, 1.82) is 0 Å². The fourth-order valence-electron chi connectivity index (χ4n) is 4.15. The first-order valence-electron chi connectivity index (χ1n) is 12.3. The molecule has 0 bridgehead atoms. The Hall–Kier alpha value is -3.02. The normalized spacial score (nSPS) is 12.2. The second-order valence-corrected chi connectivity index (χ2v) is 11.2. The lowest BCUT2D eigenvalue weighted by Crippen LogP contribution is -2.28. The number of benzene rings is 3. The Kier molecular flexibility index (Phi) is 10.5. The molecule has 3 aromatic carbocycles. The molecule has 0 saturated carbocycles. The van der Waals surface area contributed by atoms with Gasteiger partial charge in [0.1, 0.15) is 17.4 Å². The molecule has 0 fully saturated rings. The molecule has 0 unspecified atom stereocenters. The second kappa shape index (κ2) is 13.4. The molecule has 0 radical (unpaired) electrons. The van der Waals surface area contributed by atoms with Gasteiger partial charge >= 0.3 is 6.18 Å². The van der Waals surface area contributed by atoms with Crippen LogP contribution in [-0.4, -0.2) is 51.0 Å². The maximum Gasteiger partial charge on any atom is 0.416 e. The third-order valence-corrected chi connectivity index (χ3v) is 7.23. The third-order valence-electron chi connectivity index (χ3n) is 6.07. The summed E-state index contributed by atoms with van der Waals surface area (Å²) in [5, 5.41) is 9.15. The fraction of sp³-hybridized carbons (Fsp3) is 0.357. The maximum atomic E-state index is 14.5. The number of halogens is 5. The summed E-state index contributed by atoms with van der Waals surface area (Å²) in [6.45, 7) is 0.802. The van der Waals surface area contributed by atoms with E-state index in [1.54, 1.807) is 18.2 Å². The van der Waals surface area contributed by atoms with Crippen LogP contribution in [0.15, 0.2) is 65.6 Å². The van der Waals surface area contributed by atoms with E-state index in [2.05, 4.69) is 0 Å². The highest BCUT2D eigenvalue weighted by Crippen LogP contribution is 2.30. The van der Waals surface area contributed by atoms with E-state index in [4.69, 9.17) is 9.84 Å². The lowest BCUT2D eigenvalue weighted by molar-refractivity contribution is -0.137. The molecular weight excluding hydrogens is 541 g/mol. The van der Waals surface area contributed by atoms with Gasteiger partial charge in [0, 0.05) is 44.1 Å². The first kappa shape index (κ1) is 30.5. The number of alkyl halides is 3. The summed E-state index contributed by atoms with van der Waals surface area (Å²) in [5.41, 5.74) is 0.494. The van der Waals surface area contributed by atoms with Crippen LogP contribution < -0.4 is 4.74 Å². The Morgan fingerprint density at radius 3 is 2.28 bits per heavy atom. The van der Waals surface area contributed by atoms with Gasteiger partial charge in [0.15, 0.2) is 9.84 Å². The number of nitrogens with zero attached hydrogens (tertiary/aromatic N) is 1. The van der Waals surface area contributed by atoms with Gasteiger partial charge in [-0.3, -0.25) is 4.90 Å². The Balaban J connectivity index is 1.69. The first-order chi connectivity index (χ1) is 18.4. The summed E-state index contributed by atoms with van der Waals surface area (Å²) in [5.74, 6) is -1.14. The Bertz CT molecular complexity index is 1350. The van der Waals surface area contributed by atoms with Crippen molar-refractivity contribution in [1.82, 2.24) is 4.90 Å². The van der Waals surface area contributed by atoms with Gasteiger partial charge in [0.2, 0.25) is 0 Å². The number of aliphatic hydroxyl groups is 1. The number of ether oxygens (including phenoxy) is 1. The summed E-state index contributed by atoms with van der Waals surface area (Å²) in [7, 11) is -3.77. The molecule has 5 nitrogen and oxygen atoms in total. The summed E-state index contributed by atoms with van der Waals surface area (Å²) in [4.78, 5) is 1.69. The SMILES string of the molecule is CS(=O)(=O)c1cc(OCCCN(CCc2ccc(F)cc2)Cc2cccc(C(F)(F)F)c2)cc(F)c1CCO. The first-order valence-corrected chi connectivity index (χ1v) is 14.1. The van der Waals surface area contributed by atoms with Crippen molar-refractivity contribution in [2.75, 3.05) is 32.6 Å². The van der Waals surface area contributed by atoms with Crippen LogP contribution >= 0.6 is 0 Å². The minimum Gasteiger partial charge on any atom is -0.493 e. The molecule has 0 atom stereocenters. The monoisotopic (exact) mass is 571 g/mol. The van der Waals surface area contributed by atoms with E-state index in [0.29, 0.717) is 31.5 Å². The van der Waals surface area contributed by atoms with Gasteiger partial charge in [-0.05, 0) is 54.7 Å². The van der Waals surface area contributed by atoms with Crippen LogP contribution in [0.1, 0.15) is 28.7 Å². The molecule has 0 amide bonds. The number of hydrogen-bond acceptors (Lipinski definition) is 5. The predicted molar refractivity (Wildman–Crippen MR) is 137 cm³/mol. The molecule has 39 heavy (non-hydrogen) atoms. The van der Waals surface area contributed by atoms with Crippen molar-refractivity contribution < 1.29 is 40.2 Å². The summed E-state index contributed by atoms with van der Waals surface area (Å²) >= 11 is 0. The van der Waals surface area contributed by atoms with Crippen LogP contribution in [0.25, 0.3) is 0 Å². The van der Waals surface area contributed by atoms with Gasteiger partial charge < -0.3 is 9.84 Å². The molecule has 0 aromatic heterocycles. The van der Waals surface area contributed by atoms with Gasteiger partial charge in [-0.1, -0.05) is 30.3 Å². The average Bonchev–Trinajstić information content (AvgIpc) is 2.86. The minimum atomic E-state index is -4.46. The van der Waals surface area contributed by atoms with E-state index in [1.165, 1.54) is 24.3 Å². The Labute approximate surface area is 224 Å². The van der Waals surface area contributed by atoms with E-state index >= 15 is 0 Å². The van der Waals surface area contributed by atoms with Crippen LogP contribution in [0, 0.1) is 11.6 Å². The van der Waals surface area contributed by atoms with Crippen molar-refractivity contribution in [3.05, 3.63) is 94.6 Å². The molecule has 11 heteroatoms. The molecule has 3 aromatic rings. The summed E-state index contributed by atoms with van der Waals surface area (Å²) < 4.78 is 97.2. The average molecular weight is 572 g/mol. The number of aliphatic hydroxyl groups excluding tert-OH is 1. The topological polar surface area (TPSA) is 66.8 Å². The highest BCUT2D eigenvalue weighted by molar-refractivity contribution is 7.90. The minimum absolute atomic E-state index is 0.0188. The molecule has 1 N–H and O–H groups in total. The van der Waals surface area contributed by atoms with Crippen LogP contribution in [-0.2, 0) is 35.4 Å². The third kappa shape index (κ3) is 9.29. The zero-order valence-corrected chi connectivity index (χ0v) is 22.2. The van der Waals surface area contributed by atoms with Crippen molar-refractivity contribution in [2.45, 2.75) is 36.9 Å². The quantitative estimate of drug-likeness (QED) is 0.219. The standard InChI is InChI=1S/C28H30F5NO4S/c1-39(36,37)27-18-24(17-26(30)25(27)11-14-35)38-15-3-12-34(13-10-20-6-8-23(29)9-7-20)19-21-4-2-5-22(16-21)28(31,32)33/h2,4-9,16-18,35H,3,10-15,19H2,1H3. The molecule has 0 aliphatic heterocycles. The zero-order chi connectivity index (χ0) is 28.6. The summed E-state index contributed by atoms with van der Waals surface area (Å²) in [6, 6.07) is 13.3. The molecule has 0 saturated heterocycles. The van der Waals surface area contributed by atoms with Crippen molar-refractivity contribution in [3.8, 4) is 5.75 Å². The zero-order valence-electron chi connectivity index (χ0n) is 21.3. The van der Waals surface area contributed by atoms with Gasteiger partial charge in [0.25, 0.3) is 0 Å². The second-order valence-electron chi connectivity index (χ2n) is 9.18. The lowest BCUT2D eigenvalue weighted by Gasteiger charge is -2.23. The lowest BCUT2D eigenvalue weighted by atomic mass is 10.1. The molecule has 0 heterocycles. The van der Waals surface area contributed by atoms with E-state index in [0.717, 1.165) is 30.0 Å². The van der Waals surface area contributed by atoms with E-state index in [-0.39, 0.29) is 41.6 Å². The maximum absolute atomic E-state index is 14.5. The molecule has 0 aliphatic rings. The number of sulfone groups is 1. The Morgan fingerprint density at radius 1 is 0.923 bits per heavy atom. The molecule has 0 spiro atoms.